The van der Waals surface area contributed by atoms with E-state index in [2.05, 4.69) is 120 Å². The van der Waals surface area contributed by atoms with Crippen molar-refractivity contribution in [1.82, 2.24) is 0 Å². The van der Waals surface area contributed by atoms with E-state index >= 15 is 0 Å². The molecule has 4 aromatic rings. The molecule has 4 heteroatoms. The number of aryl methyl sites for hydroxylation is 1. The molecule has 0 amide bonds. The summed E-state index contributed by atoms with van der Waals surface area (Å²) < 4.78 is 39.0. The van der Waals surface area contributed by atoms with Crippen LogP contribution in [0.3, 0.4) is 0 Å². The molecule has 0 fully saturated rings. The molecule has 0 aromatic heterocycles. The van der Waals surface area contributed by atoms with Gasteiger partial charge in [0.1, 0.15) is 0 Å². The van der Waals surface area contributed by atoms with Crippen LogP contribution < -0.4 is 0 Å². The number of alkyl halides is 3. The van der Waals surface area contributed by atoms with Gasteiger partial charge in [-0.3, -0.25) is 6.08 Å². The molecular formula is C49H57F3Zr. The molecule has 2 aliphatic rings. The van der Waals surface area contributed by atoms with Crippen LogP contribution in [0, 0.1) is 19.1 Å². The van der Waals surface area contributed by atoms with Gasteiger partial charge in [-0.15, -0.1) is 23.1 Å². The number of fused-ring (bicyclic) bond motifs is 3. The van der Waals surface area contributed by atoms with E-state index in [9.17, 15) is 13.2 Å². The topological polar surface area (TPSA) is 0 Å². The normalized spacial score (nSPS) is 13.8. The molecular weight excluding hydrogens is 737 g/mol. The summed E-state index contributed by atoms with van der Waals surface area (Å²) in [7, 11) is 0. The van der Waals surface area contributed by atoms with Gasteiger partial charge in [0.2, 0.25) is 0 Å². The molecule has 0 radical (unpaired) electrons. The first-order chi connectivity index (χ1) is 24.3. The van der Waals surface area contributed by atoms with E-state index in [1.165, 1.54) is 56.6 Å². The van der Waals surface area contributed by atoms with Gasteiger partial charge < -0.3 is 0 Å². The average molecular weight is 794 g/mol. The molecule has 0 N–H and O–H groups in total. The minimum Gasteiger partial charge on any atom is -0.273 e. The molecule has 0 heterocycles. The summed E-state index contributed by atoms with van der Waals surface area (Å²) in [6.07, 6.45) is 6.71. The molecule has 2 aliphatic carbocycles. The van der Waals surface area contributed by atoms with Crippen molar-refractivity contribution in [3.05, 3.63) is 153 Å². The van der Waals surface area contributed by atoms with Crippen LogP contribution in [0.2, 0.25) is 0 Å². The van der Waals surface area contributed by atoms with Gasteiger partial charge in [-0.1, -0.05) is 106 Å². The fraction of sp³-hybridized carbons (Fsp3) is 0.408. The molecule has 0 saturated carbocycles. The van der Waals surface area contributed by atoms with Crippen molar-refractivity contribution in [3.63, 3.8) is 0 Å². The summed E-state index contributed by atoms with van der Waals surface area (Å²) in [5.74, 6) is 0. The van der Waals surface area contributed by atoms with E-state index in [0.717, 1.165) is 57.5 Å². The molecule has 0 saturated heterocycles. The zero-order valence-electron chi connectivity index (χ0n) is 34.1. The van der Waals surface area contributed by atoms with Crippen LogP contribution in [0.15, 0.2) is 85.0 Å². The van der Waals surface area contributed by atoms with Crippen molar-refractivity contribution >= 4 is 3.21 Å². The molecule has 0 aliphatic heterocycles. The maximum atomic E-state index is 12.7. The Balaban J connectivity index is 0.000000222. The summed E-state index contributed by atoms with van der Waals surface area (Å²) >= 11 is 1.10. The molecule has 0 spiro atoms. The predicted octanol–water partition coefficient (Wildman–Crippen LogP) is 13.7. The van der Waals surface area contributed by atoms with E-state index in [0.29, 0.717) is 5.56 Å². The molecule has 278 valence electrons. The van der Waals surface area contributed by atoms with E-state index in [4.69, 9.17) is 0 Å². The van der Waals surface area contributed by atoms with Crippen molar-refractivity contribution in [2.45, 2.75) is 131 Å². The first-order valence-electron chi connectivity index (χ1n) is 18.6. The minimum absolute atomic E-state index is 0.0968. The predicted molar refractivity (Wildman–Crippen MR) is 216 cm³/mol. The molecule has 4 aromatic carbocycles. The van der Waals surface area contributed by atoms with Crippen LogP contribution in [0.5, 0.6) is 0 Å². The third-order valence-corrected chi connectivity index (χ3v) is 11.1. The Morgan fingerprint density at radius 2 is 1.21 bits per heavy atom. The zero-order chi connectivity index (χ0) is 39.7. The monoisotopic (exact) mass is 792 g/mol. The van der Waals surface area contributed by atoms with Crippen molar-refractivity contribution < 1.29 is 37.4 Å². The number of hydrogen-bond donors (Lipinski definition) is 0. The first kappa shape index (κ1) is 42.6. The number of allylic oxidation sites excluding steroid dienone is 4. The third kappa shape index (κ3) is 10.8. The number of benzene rings is 4. The minimum atomic E-state index is -4.29. The Hall–Kier alpha value is -3.10. The maximum absolute atomic E-state index is 12.7. The third-order valence-electron chi connectivity index (χ3n) is 9.64. The summed E-state index contributed by atoms with van der Waals surface area (Å²) in [6, 6.07) is 24.7. The largest absolute Gasteiger partial charge is 0.273 e. The average Bonchev–Trinajstić information content (AvgIpc) is 3.74. The SMILES string of the molecule is CC(C)(C)c1[c-]c2c(cc1C(C)(C)C)-c1cc(C(C)(C)C)c(C(C)(C)C)cc1C2.Cc1ccc([C](=[Zr+2])c2cccc(C(F)(F)F)c2)cc1.[C-]1=CC=CC1. The fourth-order valence-corrected chi connectivity index (χ4v) is 7.49. The molecule has 0 atom stereocenters. The smallest absolute Gasteiger partial charge is 0.109 e. The van der Waals surface area contributed by atoms with Crippen molar-refractivity contribution in [1.29, 1.82) is 0 Å². The van der Waals surface area contributed by atoms with Gasteiger partial charge in [0.25, 0.3) is 0 Å². The van der Waals surface area contributed by atoms with Gasteiger partial charge in [-0.2, -0.15) is 23.8 Å². The number of hydrogen-bond acceptors (Lipinski definition) is 0. The second-order valence-electron chi connectivity index (χ2n) is 18.5. The number of rotatable bonds is 2. The van der Waals surface area contributed by atoms with Crippen molar-refractivity contribution in [2.24, 2.45) is 0 Å². The van der Waals surface area contributed by atoms with E-state index in [-0.39, 0.29) is 21.7 Å². The second kappa shape index (κ2) is 15.9. The van der Waals surface area contributed by atoms with Crippen LogP contribution >= 0.6 is 0 Å². The summed E-state index contributed by atoms with van der Waals surface area (Å²) in [4.78, 5) is 0. The van der Waals surface area contributed by atoms with Gasteiger partial charge in [0.05, 0.1) is 0 Å². The van der Waals surface area contributed by atoms with Crippen LogP contribution in [0.25, 0.3) is 11.1 Å². The Morgan fingerprint density at radius 3 is 1.68 bits per heavy atom. The van der Waals surface area contributed by atoms with E-state index in [1.54, 1.807) is 6.07 Å². The van der Waals surface area contributed by atoms with Crippen LogP contribution in [0.1, 0.15) is 145 Å². The summed E-state index contributed by atoms with van der Waals surface area (Å²) in [6.45, 7) is 30.0. The molecule has 0 bridgehead atoms. The van der Waals surface area contributed by atoms with Crippen molar-refractivity contribution in [3.8, 4) is 11.1 Å². The molecule has 53 heavy (non-hydrogen) atoms. The van der Waals surface area contributed by atoms with Gasteiger partial charge in [0, 0.05) is 0 Å². The van der Waals surface area contributed by atoms with Crippen LogP contribution in [-0.2, 0) is 58.5 Å². The van der Waals surface area contributed by atoms with Crippen LogP contribution in [-0.4, -0.2) is 3.21 Å². The Kier molecular flexibility index (Phi) is 12.8. The Morgan fingerprint density at radius 1 is 0.642 bits per heavy atom. The Bertz CT molecular complexity index is 1900. The quantitative estimate of drug-likeness (QED) is 0.156. The van der Waals surface area contributed by atoms with Crippen LogP contribution in [0.4, 0.5) is 13.2 Å². The van der Waals surface area contributed by atoms with Gasteiger partial charge in [0.15, 0.2) is 0 Å². The standard InChI is InChI=1S/C29H41.C15H11F3.C5H5.Zr/c1-26(2,3)22-14-18-13-19-15-23(27(4,5)6)25(29(10,11)12)17-21(19)20(18)16-24(22)28(7,8)9;1-11-5-7-12(8-6-11)9-13-3-2-4-14(10-13)15(16,17)18;1-2-4-5-3-1;/h14,16-17H,13H2,1-12H3;2-8,10H,1H3;1-3H,4H2;/q-1;;-1;+2. The first-order valence-corrected chi connectivity index (χ1v) is 19.8. The van der Waals surface area contributed by atoms with Crippen molar-refractivity contribution in [2.75, 3.05) is 0 Å². The summed E-state index contributed by atoms with van der Waals surface area (Å²) in [5.41, 5.74) is 14.1. The number of halogens is 3. The Labute approximate surface area is 333 Å². The second-order valence-corrected chi connectivity index (χ2v) is 19.7. The van der Waals surface area contributed by atoms with E-state index in [1.807, 2.05) is 43.3 Å². The molecule has 0 nitrogen and oxygen atoms in total. The zero-order valence-corrected chi connectivity index (χ0v) is 36.6. The molecule has 0 unspecified atom stereocenters. The van der Waals surface area contributed by atoms with Gasteiger partial charge in [-0.25, -0.2) is 12.2 Å². The van der Waals surface area contributed by atoms with Gasteiger partial charge >= 0.3 is 124 Å². The van der Waals surface area contributed by atoms with E-state index < -0.39 is 11.7 Å². The van der Waals surface area contributed by atoms with Gasteiger partial charge in [-0.05, 0) is 39.4 Å². The molecule has 6 rings (SSSR count). The maximum Gasteiger partial charge on any atom is -0.109 e. The summed E-state index contributed by atoms with van der Waals surface area (Å²) in [5, 5.41) is 0. The fourth-order valence-electron chi connectivity index (χ4n) is 6.70.